The van der Waals surface area contributed by atoms with Crippen LogP contribution in [0.25, 0.3) is 0 Å². The fourth-order valence-electron chi connectivity index (χ4n) is 0.809. The van der Waals surface area contributed by atoms with Gasteiger partial charge in [0.15, 0.2) is 0 Å². The van der Waals surface area contributed by atoms with Crippen LogP contribution in [0.3, 0.4) is 0 Å². The molecule has 0 amide bonds. The molecule has 0 N–H and O–H groups in total. The molecule has 0 radical (unpaired) electrons. The molecule has 0 unspecified atom stereocenters. The van der Waals surface area contributed by atoms with Crippen LogP contribution in [0.15, 0.2) is 15.8 Å². The van der Waals surface area contributed by atoms with Crippen LogP contribution >= 0.6 is 23.2 Å². The number of aromatic nitrogens is 2. The summed E-state index contributed by atoms with van der Waals surface area (Å²) in [5, 5.41) is 0. The maximum Gasteiger partial charge on any atom is 0.333 e. The summed E-state index contributed by atoms with van der Waals surface area (Å²) in [6.45, 7) is 0. The molecular weight excluding hydrogens is 222 g/mol. The summed E-state index contributed by atoms with van der Waals surface area (Å²) in [5.41, 5.74) is -1.77. The largest absolute Gasteiger partial charge is 0.333 e. The van der Waals surface area contributed by atoms with Gasteiger partial charge >= 0.3 is 5.69 Å². The van der Waals surface area contributed by atoms with Crippen LogP contribution in [-0.2, 0) is 12.0 Å². The Morgan fingerprint density at radius 3 is 2.38 bits per heavy atom. The SMILES string of the molecule is O=c1c(F)cn(CCl)c(=O)n1CCl. The average molecular weight is 227 g/mol. The van der Waals surface area contributed by atoms with Crippen molar-refractivity contribution >= 4 is 23.2 Å². The first-order valence-electron chi connectivity index (χ1n) is 3.23. The van der Waals surface area contributed by atoms with Crippen LogP contribution in [0.5, 0.6) is 0 Å². The van der Waals surface area contributed by atoms with Gasteiger partial charge in [0.05, 0.1) is 6.20 Å². The van der Waals surface area contributed by atoms with Gasteiger partial charge < -0.3 is 0 Å². The molecule has 0 aliphatic carbocycles. The highest BCUT2D eigenvalue weighted by atomic mass is 35.5. The third kappa shape index (κ3) is 1.76. The van der Waals surface area contributed by atoms with Crippen molar-refractivity contribution in [3.05, 3.63) is 32.9 Å². The Balaban J connectivity index is 3.58. The van der Waals surface area contributed by atoms with Gasteiger partial charge in [-0.05, 0) is 0 Å². The van der Waals surface area contributed by atoms with E-state index in [2.05, 4.69) is 0 Å². The van der Waals surface area contributed by atoms with E-state index in [4.69, 9.17) is 23.2 Å². The van der Waals surface area contributed by atoms with Crippen molar-refractivity contribution in [1.29, 1.82) is 0 Å². The number of rotatable bonds is 2. The number of halogens is 3. The van der Waals surface area contributed by atoms with Crippen molar-refractivity contribution in [2.45, 2.75) is 12.0 Å². The Bertz CT molecular complexity index is 426. The quantitative estimate of drug-likeness (QED) is 0.692. The van der Waals surface area contributed by atoms with Crippen LogP contribution in [0.1, 0.15) is 0 Å². The zero-order chi connectivity index (χ0) is 10.0. The Hall–Kier alpha value is -0.810. The van der Waals surface area contributed by atoms with Crippen LogP contribution in [-0.4, -0.2) is 9.13 Å². The molecule has 1 heterocycles. The van der Waals surface area contributed by atoms with Gasteiger partial charge in [-0.1, -0.05) is 0 Å². The molecule has 0 aromatic carbocycles. The molecule has 0 fully saturated rings. The molecule has 13 heavy (non-hydrogen) atoms. The molecule has 1 rings (SSSR count). The molecule has 4 nitrogen and oxygen atoms in total. The van der Waals surface area contributed by atoms with Gasteiger partial charge in [-0.3, -0.25) is 9.36 Å². The van der Waals surface area contributed by atoms with E-state index in [1.807, 2.05) is 0 Å². The number of alkyl halides is 2. The highest BCUT2D eigenvalue weighted by Crippen LogP contribution is 1.89. The monoisotopic (exact) mass is 226 g/mol. The maximum absolute atomic E-state index is 12.8. The fraction of sp³-hybridized carbons (Fsp3) is 0.333. The standard InChI is InChI=1S/C6H5Cl2FN2O2/c7-2-10-1-4(9)5(12)11(3-8)6(10)13/h1H,2-3H2. The second-order valence-electron chi connectivity index (χ2n) is 2.20. The van der Waals surface area contributed by atoms with E-state index in [0.717, 1.165) is 10.8 Å². The van der Waals surface area contributed by atoms with Gasteiger partial charge in [-0.15, -0.1) is 23.2 Å². The van der Waals surface area contributed by atoms with Crippen LogP contribution in [0.2, 0.25) is 0 Å². The molecule has 0 bridgehead atoms. The first-order chi connectivity index (χ1) is 6.11. The molecule has 0 atom stereocenters. The Labute approximate surface area is 82.1 Å². The minimum absolute atomic E-state index is 0.229. The summed E-state index contributed by atoms with van der Waals surface area (Å²) >= 11 is 10.6. The number of hydrogen-bond donors (Lipinski definition) is 0. The molecule has 0 aliphatic heterocycles. The van der Waals surface area contributed by atoms with Crippen molar-refractivity contribution in [3.8, 4) is 0 Å². The Morgan fingerprint density at radius 2 is 1.92 bits per heavy atom. The first kappa shape index (κ1) is 10.3. The fourth-order valence-corrected chi connectivity index (χ4v) is 1.19. The van der Waals surface area contributed by atoms with E-state index in [9.17, 15) is 14.0 Å². The lowest BCUT2D eigenvalue weighted by atomic mass is 10.6. The van der Waals surface area contributed by atoms with E-state index in [-0.39, 0.29) is 6.00 Å². The number of nitrogens with zero attached hydrogens (tertiary/aromatic N) is 2. The summed E-state index contributed by atoms with van der Waals surface area (Å²) in [5.74, 6) is -1.05. The van der Waals surface area contributed by atoms with Gasteiger partial charge in [0, 0.05) is 0 Å². The van der Waals surface area contributed by atoms with Gasteiger partial charge in [0.25, 0.3) is 5.56 Å². The topological polar surface area (TPSA) is 44.0 Å². The average Bonchev–Trinajstić information content (AvgIpc) is 2.12. The molecular formula is C6H5Cl2FN2O2. The van der Waals surface area contributed by atoms with Gasteiger partial charge in [-0.25, -0.2) is 9.36 Å². The van der Waals surface area contributed by atoms with Crippen molar-refractivity contribution in [3.63, 3.8) is 0 Å². The maximum atomic E-state index is 12.8. The predicted molar refractivity (Wildman–Crippen MR) is 46.6 cm³/mol. The van der Waals surface area contributed by atoms with E-state index < -0.39 is 23.1 Å². The predicted octanol–water partition coefficient (Wildman–Crippen LogP) is 0.542. The van der Waals surface area contributed by atoms with E-state index in [0.29, 0.717) is 4.57 Å². The van der Waals surface area contributed by atoms with E-state index in [1.165, 1.54) is 0 Å². The van der Waals surface area contributed by atoms with Crippen molar-refractivity contribution in [1.82, 2.24) is 9.13 Å². The Kier molecular flexibility index (Phi) is 3.11. The molecule has 0 saturated carbocycles. The van der Waals surface area contributed by atoms with E-state index >= 15 is 0 Å². The third-order valence-corrected chi connectivity index (χ3v) is 1.94. The van der Waals surface area contributed by atoms with Gasteiger partial charge in [0.2, 0.25) is 5.82 Å². The van der Waals surface area contributed by atoms with Gasteiger partial charge in [0.1, 0.15) is 12.0 Å². The molecule has 7 heteroatoms. The van der Waals surface area contributed by atoms with Crippen LogP contribution in [0.4, 0.5) is 4.39 Å². The lowest BCUT2D eigenvalue weighted by Gasteiger charge is -2.04. The smallest absolute Gasteiger partial charge is 0.283 e. The number of hydrogen-bond acceptors (Lipinski definition) is 2. The molecule has 1 aromatic heterocycles. The third-order valence-electron chi connectivity index (χ3n) is 1.44. The normalized spacial score (nSPS) is 10.4. The zero-order valence-corrected chi connectivity index (χ0v) is 7.85. The molecule has 0 saturated heterocycles. The summed E-state index contributed by atoms with van der Waals surface area (Å²) in [4.78, 5) is 22.1. The minimum atomic E-state index is -1.05. The lowest BCUT2D eigenvalue weighted by molar-refractivity contribution is 0.537. The van der Waals surface area contributed by atoms with Gasteiger partial charge in [-0.2, -0.15) is 4.39 Å². The highest BCUT2D eigenvalue weighted by Gasteiger charge is 2.08. The molecule has 0 aliphatic rings. The first-order valence-corrected chi connectivity index (χ1v) is 4.30. The highest BCUT2D eigenvalue weighted by molar-refractivity contribution is 6.15. The van der Waals surface area contributed by atoms with Crippen molar-refractivity contribution in [2.75, 3.05) is 0 Å². The van der Waals surface area contributed by atoms with E-state index in [1.54, 1.807) is 0 Å². The minimum Gasteiger partial charge on any atom is -0.283 e. The molecule has 72 valence electrons. The summed E-state index contributed by atoms with van der Waals surface area (Å²) in [7, 11) is 0. The van der Waals surface area contributed by atoms with Crippen LogP contribution < -0.4 is 11.2 Å². The van der Waals surface area contributed by atoms with Crippen LogP contribution in [0, 0.1) is 5.82 Å². The zero-order valence-electron chi connectivity index (χ0n) is 6.34. The second kappa shape index (κ2) is 3.93. The van der Waals surface area contributed by atoms with Crippen molar-refractivity contribution in [2.24, 2.45) is 0 Å². The van der Waals surface area contributed by atoms with Crippen molar-refractivity contribution < 1.29 is 4.39 Å². The molecule has 1 aromatic rings. The lowest BCUT2D eigenvalue weighted by Crippen LogP contribution is -2.39. The summed E-state index contributed by atoms with van der Waals surface area (Å²) in [6, 6.07) is -0.626. The Morgan fingerprint density at radius 1 is 1.31 bits per heavy atom. The summed E-state index contributed by atoms with van der Waals surface area (Å²) < 4.78 is 14.2. The second-order valence-corrected chi connectivity index (χ2v) is 2.68. The summed E-state index contributed by atoms with van der Waals surface area (Å²) in [6.07, 6.45) is 0.751. The molecule has 0 spiro atoms.